The molecule has 2 saturated heterocycles. The first-order valence-corrected chi connectivity index (χ1v) is 22.4. The number of halogens is 2. The largest absolute Gasteiger partial charge is 0.423 e. The number of para-hydroxylation sites is 1. The van der Waals surface area contributed by atoms with Crippen LogP contribution in [0.2, 0.25) is 25.7 Å². The van der Waals surface area contributed by atoms with Crippen molar-refractivity contribution in [3.8, 4) is 11.3 Å². The van der Waals surface area contributed by atoms with E-state index < -0.39 is 35.5 Å². The van der Waals surface area contributed by atoms with Gasteiger partial charge in [0.05, 0.1) is 17.1 Å². The monoisotopic (exact) mass is 741 g/mol. The van der Waals surface area contributed by atoms with Gasteiger partial charge in [-0.2, -0.15) is 0 Å². The summed E-state index contributed by atoms with van der Waals surface area (Å²) < 4.78 is 67.6. The van der Waals surface area contributed by atoms with Gasteiger partial charge in [0.25, 0.3) is 15.9 Å². The molecule has 6 rings (SSSR count). The van der Waals surface area contributed by atoms with Crippen molar-refractivity contribution in [3.05, 3.63) is 72.6 Å². The van der Waals surface area contributed by atoms with Gasteiger partial charge in [0.1, 0.15) is 24.5 Å². The highest BCUT2D eigenvalue weighted by Crippen LogP contribution is 2.36. The number of nitrogens with two attached hydrogens (primary N) is 1. The van der Waals surface area contributed by atoms with Gasteiger partial charge in [0.2, 0.25) is 5.44 Å². The number of anilines is 2. The van der Waals surface area contributed by atoms with Crippen molar-refractivity contribution in [2.24, 2.45) is 5.14 Å². The van der Waals surface area contributed by atoms with E-state index in [9.17, 15) is 22.0 Å². The lowest BCUT2D eigenvalue weighted by Gasteiger charge is -2.32. The summed E-state index contributed by atoms with van der Waals surface area (Å²) >= 11 is 0. The maximum atomic E-state index is 14.0. The first-order chi connectivity index (χ1) is 24.2. The minimum absolute atomic E-state index is 0.160. The smallest absolute Gasteiger partial charge is 0.416 e. The second-order valence-corrected chi connectivity index (χ2v) is 21.6. The quantitative estimate of drug-likeness (QED) is 0.133. The molecule has 16 heteroatoms. The minimum atomic E-state index is -4.40. The van der Waals surface area contributed by atoms with Crippen molar-refractivity contribution in [2.45, 2.75) is 69.1 Å². The Balaban J connectivity index is 1.32. The van der Waals surface area contributed by atoms with Gasteiger partial charge in [-0.3, -0.25) is 4.90 Å². The molecule has 0 spiro atoms. The normalized spacial score (nSPS) is 18.5. The van der Waals surface area contributed by atoms with Crippen LogP contribution in [0.1, 0.15) is 30.3 Å². The highest BCUT2D eigenvalue weighted by atomic mass is 32.2. The molecule has 0 bridgehead atoms. The third-order valence-corrected chi connectivity index (χ3v) is 12.0. The highest BCUT2D eigenvalue weighted by Gasteiger charge is 2.36. The molecule has 2 fully saturated rings. The number of primary sulfonamides is 1. The van der Waals surface area contributed by atoms with Crippen LogP contribution in [-0.4, -0.2) is 81.9 Å². The van der Waals surface area contributed by atoms with Gasteiger partial charge in [-0.25, -0.2) is 37.1 Å². The maximum Gasteiger partial charge on any atom is 0.416 e. The average molecular weight is 742 g/mol. The number of aromatic nitrogens is 3. The number of carbonyl (C=O) groups excluding carboxylic acids is 1. The van der Waals surface area contributed by atoms with Gasteiger partial charge in [-0.15, -0.1) is 0 Å². The van der Waals surface area contributed by atoms with Crippen LogP contribution >= 0.6 is 0 Å². The summed E-state index contributed by atoms with van der Waals surface area (Å²) in [4.78, 5) is 26.0. The van der Waals surface area contributed by atoms with Gasteiger partial charge in [0, 0.05) is 58.4 Å². The van der Waals surface area contributed by atoms with E-state index in [1.165, 1.54) is 11.2 Å². The van der Waals surface area contributed by atoms with E-state index in [0.717, 1.165) is 6.04 Å². The molecule has 2 aliphatic heterocycles. The van der Waals surface area contributed by atoms with Crippen LogP contribution in [0.5, 0.6) is 0 Å². The number of hydrogen-bond acceptors (Lipinski definition) is 9. The van der Waals surface area contributed by atoms with Gasteiger partial charge >= 0.3 is 6.09 Å². The Hall–Kier alpha value is -3.96. The fraction of sp³-hybridized carbons (Fsp3) is 0.457. The standard InChI is InChI=1S/C35H45F2N7O5SSi/c1-51(2,3)20-19-48-24-43-30(21-29-31(40-23-41-32(29)43)42-17-14-35(36,37)15-18-42)25-9-11-26(12-10-25)33(50(38,46)47)49-34(45)44(28-13-16-39-22-28)27-7-5-4-6-8-27/h4-12,21,23,28,33,39H,13-20,22,24H2,1-3H3,(H2,38,46,47). The van der Waals surface area contributed by atoms with E-state index in [1.807, 2.05) is 21.6 Å². The number of piperidine rings is 1. The Morgan fingerprint density at radius 3 is 2.43 bits per heavy atom. The molecular formula is C35H45F2N7O5SSi. The predicted molar refractivity (Wildman–Crippen MR) is 196 cm³/mol. The zero-order chi connectivity index (χ0) is 36.4. The molecular weight excluding hydrogens is 697 g/mol. The van der Waals surface area contributed by atoms with Gasteiger partial charge in [-0.05, 0) is 42.8 Å². The molecule has 2 unspecified atom stereocenters. The van der Waals surface area contributed by atoms with E-state index in [2.05, 4.69) is 34.9 Å². The summed E-state index contributed by atoms with van der Waals surface area (Å²) in [6.45, 7) is 9.12. The molecule has 2 aliphatic rings. The number of nitrogens with zero attached hydrogens (tertiary/aromatic N) is 5. The topological polar surface area (TPSA) is 145 Å². The summed E-state index contributed by atoms with van der Waals surface area (Å²) in [5.74, 6) is -2.14. The Kier molecular flexibility index (Phi) is 10.8. The summed E-state index contributed by atoms with van der Waals surface area (Å²) in [6, 6.07) is 18.2. The number of benzene rings is 2. The lowest BCUT2D eigenvalue weighted by atomic mass is 10.1. The van der Waals surface area contributed by atoms with Crippen molar-refractivity contribution in [2.75, 3.05) is 42.6 Å². The second-order valence-electron chi connectivity index (χ2n) is 14.4. The van der Waals surface area contributed by atoms with Crippen molar-refractivity contribution < 1.29 is 31.5 Å². The zero-order valence-electron chi connectivity index (χ0n) is 29.1. The van der Waals surface area contributed by atoms with Crippen LogP contribution in [0.4, 0.5) is 25.1 Å². The third kappa shape index (κ3) is 8.75. The average Bonchev–Trinajstić information content (AvgIpc) is 3.74. The fourth-order valence-corrected chi connectivity index (χ4v) is 7.96. The Labute approximate surface area is 298 Å². The van der Waals surface area contributed by atoms with E-state index in [-0.39, 0.29) is 44.3 Å². The SMILES string of the molecule is C[Si](C)(C)CCOCn1c(-c2ccc(C(OC(=O)N(c3ccccc3)C3CCNC3)S(N)(=O)=O)cc2)cc2c(N3CCC(F)(F)CC3)ncnc21. The number of alkyl halides is 2. The molecule has 3 N–H and O–H groups in total. The number of amides is 1. The van der Waals surface area contributed by atoms with Crippen molar-refractivity contribution in [1.82, 2.24) is 19.9 Å². The first kappa shape index (κ1) is 36.8. The number of fused-ring (bicyclic) bond motifs is 1. The summed E-state index contributed by atoms with van der Waals surface area (Å²) in [5, 5.41) is 9.58. The Bertz CT molecular complexity index is 1930. The van der Waals surface area contributed by atoms with Crippen LogP contribution in [0, 0.1) is 0 Å². The lowest BCUT2D eigenvalue weighted by Crippen LogP contribution is -2.43. The van der Waals surface area contributed by atoms with Crippen LogP contribution in [-0.2, 0) is 26.2 Å². The second kappa shape index (κ2) is 14.9. The van der Waals surface area contributed by atoms with Gasteiger partial charge in [-0.1, -0.05) is 62.1 Å². The molecule has 0 aliphatic carbocycles. The number of hydrogen-bond donors (Lipinski definition) is 2. The molecule has 4 heterocycles. The van der Waals surface area contributed by atoms with E-state index in [0.29, 0.717) is 59.9 Å². The summed E-state index contributed by atoms with van der Waals surface area (Å²) in [7, 11) is -5.76. The molecule has 2 aromatic heterocycles. The van der Waals surface area contributed by atoms with Crippen LogP contribution in [0.15, 0.2) is 67.0 Å². The molecule has 51 heavy (non-hydrogen) atoms. The van der Waals surface area contributed by atoms with Crippen molar-refractivity contribution in [1.29, 1.82) is 0 Å². The summed E-state index contributed by atoms with van der Waals surface area (Å²) in [5.41, 5.74) is 0.996. The molecule has 2 atom stereocenters. The predicted octanol–water partition coefficient (Wildman–Crippen LogP) is 5.94. The number of rotatable bonds is 12. The number of nitrogens with one attached hydrogen (secondary N) is 1. The fourth-order valence-electron chi connectivity index (χ4n) is 6.45. The molecule has 2 aromatic carbocycles. The van der Waals surface area contributed by atoms with Gasteiger partial charge in [0.15, 0.2) is 0 Å². The Morgan fingerprint density at radius 1 is 1.10 bits per heavy atom. The zero-order valence-corrected chi connectivity index (χ0v) is 30.9. The first-order valence-electron chi connectivity index (χ1n) is 17.1. The molecule has 274 valence electrons. The number of sulfonamides is 1. The van der Waals surface area contributed by atoms with Crippen LogP contribution < -0.4 is 20.3 Å². The van der Waals surface area contributed by atoms with Gasteiger partial charge < -0.3 is 24.3 Å². The molecule has 0 saturated carbocycles. The third-order valence-electron chi connectivity index (χ3n) is 9.30. The minimum Gasteiger partial charge on any atom is -0.423 e. The lowest BCUT2D eigenvalue weighted by molar-refractivity contribution is -0.0221. The molecule has 0 radical (unpaired) electrons. The number of carbonyl (C=O) groups is 1. The maximum absolute atomic E-state index is 14.0. The van der Waals surface area contributed by atoms with Crippen molar-refractivity contribution in [3.63, 3.8) is 0 Å². The molecule has 4 aromatic rings. The van der Waals surface area contributed by atoms with E-state index >= 15 is 0 Å². The summed E-state index contributed by atoms with van der Waals surface area (Å²) in [6.07, 6.45) is 0.759. The molecule has 1 amide bonds. The van der Waals surface area contributed by atoms with Crippen LogP contribution in [0.3, 0.4) is 0 Å². The van der Waals surface area contributed by atoms with Crippen LogP contribution in [0.25, 0.3) is 22.3 Å². The van der Waals surface area contributed by atoms with Crippen molar-refractivity contribution >= 4 is 46.7 Å². The van der Waals surface area contributed by atoms with E-state index in [4.69, 9.17) is 14.6 Å². The molecule has 12 nitrogen and oxygen atoms in total. The Morgan fingerprint density at radius 2 is 1.80 bits per heavy atom. The number of ether oxygens (including phenoxy) is 2. The highest BCUT2D eigenvalue weighted by molar-refractivity contribution is 7.89. The van der Waals surface area contributed by atoms with E-state index in [1.54, 1.807) is 48.5 Å².